The molecule has 1 fully saturated rings. The Kier molecular flexibility index (Phi) is 5.27. The van der Waals surface area contributed by atoms with Crippen molar-refractivity contribution in [3.63, 3.8) is 0 Å². The molecular formula is C16H19N3O3S2. The van der Waals surface area contributed by atoms with Crippen LogP contribution in [0.1, 0.15) is 18.4 Å². The standard InChI is InChI=1S/C16H19N3O3S2/c20-15(18-16-17-8-11-23-16)14-6-9-19(10-7-14)24(21,22)12-13-4-2-1-3-5-13/h1-5,8,11,14H,6-7,9-10,12H2,(H,17,18,20). The lowest BCUT2D eigenvalue weighted by Gasteiger charge is -2.30. The Morgan fingerprint density at radius 1 is 1.25 bits per heavy atom. The van der Waals surface area contributed by atoms with E-state index in [1.54, 1.807) is 11.6 Å². The summed E-state index contributed by atoms with van der Waals surface area (Å²) in [5.74, 6) is -0.244. The van der Waals surface area contributed by atoms with Crippen molar-refractivity contribution in [2.24, 2.45) is 5.92 Å². The highest BCUT2D eigenvalue weighted by atomic mass is 32.2. The second-order valence-corrected chi connectivity index (χ2v) is 8.61. The third kappa shape index (κ3) is 4.19. The first-order valence-electron chi connectivity index (χ1n) is 7.77. The molecule has 8 heteroatoms. The van der Waals surface area contributed by atoms with Gasteiger partial charge in [0.15, 0.2) is 5.13 Å². The number of amides is 1. The van der Waals surface area contributed by atoms with Crippen molar-refractivity contribution in [1.29, 1.82) is 0 Å². The smallest absolute Gasteiger partial charge is 0.229 e. The largest absolute Gasteiger partial charge is 0.302 e. The Morgan fingerprint density at radius 3 is 2.58 bits per heavy atom. The maximum Gasteiger partial charge on any atom is 0.229 e. The van der Waals surface area contributed by atoms with E-state index in [0.29, 0.717) is 31.1 Å². The first-order valence-corrected chi connectivity index (χ1v) is 10.3. The summed E-state index contributed by atoms with van der Waals surface area (Å²) in [6, 6.07) is 9.15. The summed E-state index contributed by atoms with van der Waals surface area (Å²) in [5.41, 5.74) is 0.779. The number of thiazole rings is 1. The van der Waals surface area contributed by atoms with Crippen LogP contribution in [0.5, 0.6) is 0 Å². The van der Waals surface area contributed by atoms with Gasteiger partial charge in [0.2, 0.25) is 15.9 Å². The first kappa shape index (κ1) is 17.1. The van der Waals surface area contributed by atoms with Crippen LogP contribution < -0.4 is 5.32 Å². The average molecular weight is 365 g/mol. The predicted octanol–water partition coefficient (Wildman–Crippen LogP) is 2.32. The number of nitrogens with zero attached hydrogens (tertiary/aromatic N) is 2. The SMILES string of the molecule is O=C(Nc1nccs1)C1CCN(S(=O)(=O)Cc2ccccc2)CC1. The number of sulfonamides is 1. The topological polar surface area (TPSA) is 79.4 Å². The Balaban J connectivity index is 1.55. The van der Waals surface area contributed by atoms with E-state index < -0.39 is 10.0 Å². The van der Waals surface area contributed by atoms with Crippen LogP contribution in [0, 0.1) is 5.92 Å². The van der Waals surface area contributed by atoms with Crippen molar-refractivity contribution in [1.82, 2.24) is 9.29 Å². The molecule has 0 unspecified atom stereocenters. The number of piperidine rings is 1. The van der Waals surface area contributed by atoms with Crippen LogP contribution in [0.2, 0.25) is 0 Å². The van der Waals surface area contributed by atoms with Gasteiger partial charge in [0.1, 0.15) is 0 Å². The molecule has 1 aliphatic rings. The quantitative estimate of drug-likeness (QED) is 0.882. The van der Waals surface area contributed by atoms with Crippen LogP contribution >= 0.6 is 11.3 Å². The molecule has 1 aromatic heterocycles. The van der Waals surface area contributed by atoms with E-state index in [1.165, 1.54) is 15.6 Å². The monoisotopic (exact) mass is 365 g/mol. The zero-order valence-electron chi connectivity index (χ0n) is 13.1. The van der Waals surface area contributed by atoms with Crippen molar-refractivity contribution in [2.45, 2.75) is 18.6 Å². The van der Waals surface area contributed by atoms with Gasteiger partial charge in [0.25, 0.3) is 0 Å². The van der Waals surface area contributed by atoms with Gasteiger partial charge in [-0.2, -0.15) is 0 Å². The molecule has 0 saturated carbocycles. The fourth-order valence-electron chi connectivity index (χ4n) is 2.76. The van der Waals surface area contributed by atoms with Crippen LogP contribution in [0.3, 0.4) is 0 Å². The lowest BCUT2D eigenvalue weighted by Crippen LogP contribution is -2.41. The van der Waals surface area contributed by atoms with E-state index in [4.69, 9.17) is 0 Å². The third-order valence-corrected chi connectivity index (χ3v) is 6.61. The van der Waals surface area contributed by atoms with Crippen molar-refractivity contribution in [2.75, 3.05) is 18.4 Å². The molecule has 1 aliphatic heterocycles. The normalized spacial score (nSPS) is 16.8. The molecule has 1 N–H and O–H groups in total. The van der Waals surface area contributed by atoms with E-state index in [2.05, 4.69) is 10.3 Å². The van der Waals surface area contributed by atoms with Gasteiger partial charge in [-0.25, -0.2) is 17.7 Å². The Bertz CT molecular complexity index is 768. The molecule has 1 aromatic carbocycles. The van der Waals surface area contributed by atoms with Gasteiger partial charge in [0.05, 0.1) is 5.75 Å². The van der Waals surface area contributed by atoms with Crippen molar-refractivity contribution in [3.05, 3.63) is 47.5 Å². The summed E-state index contributed by atoms with van der Waals surface area (Å²) >= 11 is 1.37. The van der Waals surface area contributed by atoms with Gasteiger partial charge in [-0.3, -0.25) is 4.79 Å². The summed E-state index contributed by atoms with van der Waals surface area (Å²) in [6.45, 7) is 0.760. The van der Waals surface area contributed by atoms with Crippen LogP contribution in [0.25, 0.3) is 0 Å². The van der Waals surface area contributed by atoms with E-state index >= 15 is 0 Å². The highest BCUT2D eigenvalue weighted by molar-refractivity contribution is 7.88. The van der Waals surface area contributed by atoms with Crippen molar-refractivity contribution >= 4 is 32.4 Å². The maximum atomic E-state index is 12.5. The fourth-order valence-corrected chi connectivity index (χ4v) is 4.86. The molecule has 1 saturated heterocycles. The van der Waals surface area contributed by atoms with Crippen molar-refractivity contribution < 1.29 is 13.2 Å². The Morgan fingerprint density at radius 2 is 1.96 bits per heavy atom. The van der Waals surface area contributed by atoms with E-state index in [0.717, 1.165) is 5.56 Å². The zero-order chi connectivity index (χ0) is 17.0. The van der Waals surface area contributed by atoms with Crippen LogP contribution in [-0.4, -0.2) is 36.7 Å². The minimum Gasteiger partial charge on any atom is -0.302 e. The number of carbonyl (C=O) groups excluding carboxylic acids is 1. The number of carbonyl (C=O) groups is 1. The molecule has 1 amide bonds. The van der Waals surface area contributed by atoms with E-state index in [9.17, 15) is 13.2 Å². The molecule has 6 nitrogen and oxygen atoms in total. The van der Waals surface area contributed by atoms with Gasteiger partial charge >= 0.3 is 0 Å². The van der Waals surface area contributed by atoms with E-state index in [-0.39, 0.29) is 17.6 Å². The summed E-state index contributed by atoms with van der Waals surface area (Å²) in [5, 5.41) is 5.17. The number of hydrogen-bond donors (Lipinski definition) is 1. The van der Waals surface area contributed by atoms with Crippen LogP contribution in [-0.2, 0) is 20.6 Å². The molecule has 0 aliphatic carbocycles. The van der Waals surface area contributed by atoms with Crippen LogP contribution in [0.15, 0.2) is 41.9 Å². The first-order chi connectivity index (χ1) is 11.5. The fraction of sp³-hybridized carbons (Fsp3) is 0.375. The zero-order valence-corrected chi connectivity index (χ0v) is 14.7. The molecule has 24 heavy (non-hydrogen) atoms. The lowest BCUT2D eigenvalue weighted by atomic mass is 9.97. The second kappa shape index (κ2) is 7.42. The lowest BCUT2D eigenvalue weighted by molar-refractivity contribution is -0.120. The minimum absolute atomic E-state index is 0.00379. The van der Waals surface area contributed by atoms with Gasteiger partial charge in [-0.1, -0.05) is 30.3 Å². The van der Waals surface area contributed by atoms with Crippen molar-refractivity contribution in [3.8, 4) is 0 Å². The molecule has 3 rings (SSSR count). The summed E-state index contributed by atoms with van der Waals surface area (Å²) in [6.07, 6.45) is 2.70. The predicted molar refractivity (Wildman–Crippen MR) is 94.1 cm³/mol. The molecule has 2 aromatic rings. The average Bonchev–Trinajstić information content (AvgIpc) is 3.08. The number of hydrogen-bond acceptors (Lipinski definition) is 5. The van der Waals surface area contributed by atoms with Gasteiger partial charge in [-0.05, 0) is 18.4 Å². The Hall–Kier alpha value is -1.77. The summed E-state index contributed by atoms with van der Waals surface area (Å²) in [4.78, 5) is 16.2. The molecular weight excluding hydrogens is 346 g/mol. The molecule has 128 valence electrons. The second-order valence-electron chi connectivity index (χ2n) is 5.74. The highest BCUT2D eigenvalue weighted by Crippen LogP contribution is 2.23. The highest BCUT2D eigenvalue weighted by Gasteiger charge is 2.31. The molecule has 0 bridgehead atoms. The molecule has 2 heterocycles. The van der Waals surface area contributed by atoms with Gasteiger partial charge in [0, 0.05) is 30.6 Å². The number of nitrogens with one attached hydrogen (secondary N) is 1. The summed E-state index contributed by atoms with van der Waals surface area (Å²) in [7, 11) is -3.34. The number of rotatable bonds is 5. The van der Waals surface area contributed by atoms with Gasteiger partial charge < -0.3 is 5.32 Å². The summed E-state index contributed by atoms with van der Waals surface area (Å²) < 4.78 is 26.5. The maximum absolute atomic E-state index is 12.5. The van der Waals surface area contributed by atoms with Crippen LogP contribution in [0.4, 0.5) is 5.13 Å². The number of anilines is 1. The Labute approximate surface area is 145 Å². The number of benzene rings is 1. The number of aromatic nitrogens is 1. The molecule has 0 atom stereocenters. The minimum atomic E-state index is -3.34. The van der Waals surface area contributed by atoms with Gasteiger partial charge in [-0.15, -0.1) is 11.3 Å². The molecule has 0 radical (unpaired) electrons. The van der Waals surface area contributed by atoms with E-state index in [1.807, 2.05) is 30.3 Å². The molecule has 0 spiro atoms. The third-order valence-electron chi connectivity index (χ3n) is 4.07.